The summed E-state index contributed by atoms with van der Waals surface area (Å²) in [5.41, 5.74) is 1.15. The molecule has 0 saturated heterocycles. The van der Waals surface area contributed by atoms with Crippen LogP contribution in [0.5, 0.6) is 0 Å². The van der Waals surface area contributed by atoms with E-state index in [1.54, 1.807) is 18.4 Å². The van der Waals surface area contributed by atoms with Gasteiger partial charge in [0.2, 0.25) is 0 Å². The molecule has 0 fully saturated rings. The van der Waals surface area contributed by atoms with E-state index in [-0.39, 0.29) is 0 Å². The SMILES string of the molecule is COCCNCCNCc1sc(C)nc1C. The topological polar surface area (TPSA) is 46.2 Å². The van der Waals surface area contributed by atoms with Gasteiger partial charge in [0.15, 0.2) is 0 Å². The first-order valence-electron chi connectivity index (χ1n) is 5.57. The molecule has 0 aliphatic heterocycles. The Bertz CT molecular complexity index is 301. The fourth-order valence-corrected chi connectivity index (χ4v) is 2.32. The molecule has 5 heteroatoms. The molecule has 0 radical (unpaired) electrons. The van der Waals surface area contributed by atoms with E-state index in [4.69, 9.17) is 4.74 Å². The monoisotopic (exact) mass is 243 g/mol. The summed E-state index contributed by atoms with van der Waals surface area (Å²) in [4.78, 5) is 5.74. The van der Waals surface area contributed by atoms with Crippen LogP contribution < -0.4 is 10.6 Å². The number of ether oxygens (including phenoxy) is 1. The van der Waals surface area contributed by atoms with Gasteiger partial charge >= 0.3 is 0 Å². The molecule has 2 N–H and O–H groups in total. The molecule has 0 amide bonds. The largest absolute Gasteiger partial charge is 0.383 e. The van der Waals surface area contributed by atoms with Gasteiger partial charge in [0.1, 0.15) is 0 Å². The number of nitrogens with one attached hydrogen (secondary N) is 2. The second-order valence-electron chi connectivity index (χ2n) is 3.66. The van der Waals surface area contributed by atoms with E-state index in [0.29, 0.717) is 0 Å². The van der Waals surface area contributed by atoms with Crippen LogP contribution in [0.15, 0.2) is 0 Å². The fraction of sp³-hybridized carbons (Fsp3) is 0.727. The number of rotatable bonds is 8. The minimum Gasteiger partial charge on any atom is -0.383 e. The standard InChI is InChI=1S/C11H21N3OS/c1-9-11(16-10(2)14-9)8-13-5-4-12-6-7-15-3/h12-13H,4-8H2,1-3H3. The molecular weight excluding hydrogens is 222 g/mol. The van der Waals surface area contributed by atoms with Gasteiger partial charge in [-0.25, -0.2) is 4.98 Å². The summed E-state index contributed by atoms with van der Waals surface area (Å²) in [7, 11) is 1.72. The molecule has 0 aliphatic carbocycles. The minimum absolute atomic E-state index is 0.771. The third-order valence-corrected chi connectivity index (χ3v) is 3.32. The number of aryl methyl sites for hydroxylation is 2. The van der Waals surface area contributed by atoms with Crippen molar-refractivity contribution in [2.24, 2.45) is 0 Å². The highest BCUT2D eigenvalue weighted by atomic mass is 32.1. The van der Waals surface area contributed by atoms with Crippen LogP contribution in [-0.2, 0) is 11.3 Å². The first kappa shape index (κ1) is 13.6. The van der Waals surface area contributed by atoms with E-state index in [2.05, 4.69) is 22.5 Å². The molecule has 92 valence electrons. The number of nitrogens with zero attached hydrogens (tertiary/aromatic N) is 1. The minimum atomic E-state index is 0.771. The molecule has 0 aromatic carbocycles. The summed E-state index contributed by atoms with van der Waals surface area (Å²) in [5.74, 6) is 0. The second-order valence-corrected chi connectivity index (χ2v) is 4.95. The van der Waals surface area contributed by atoms with Gasteiger partial charge in [0.25, 0.3) is 0 Å². The summed E-state index contributed by atoms with van der Waals surface area (Å²) < 4.78 is 4.95. The number of hydrogen-bond acceptors (Lipinski definition) is 5. The van der Waals surface area contributed by atoms with Crippen LogP contribution in [0.3, 0.4) is 0 Å². The molecular formula is C11H21N3OS. The van der Waals surface area contributed by atoms with E-state index in [9.17, 15) is 0 Å². The van der Waals surface area contributed by atoms with E-state index < -0.39 is 0 Å². The van der Waals surface area contributed by atoms with Crippen LogP contribution >= 0.6 is 11.3 Å². The molecule has 0 bridgehead atoms. The third-order valence-electron chi connectivity index (χ3n) is 2.25. The zero-order valence-corrected chi connectivity index (χ0v) is 11.1. The van der Waals surface area contributed by atoms with E-state index in [1.165, 1.54) is 4.88 Å². The molecule has 1 aromatic heterocycles. The van der Waals surface area contributed by atoms with E-state index in [0.717, 1.165) is 43.5 Å². The van der Waals surface area contributed by atoms with Crippen molar-refractivity contribution < 1.29 is 4.74 Å². The number of methoxy groups -OCH3 is 1. The summed E-state index contributed by atoms with van der Waals surface area (Å²) >= 11 is 1.77. The van der Waals surface area contributed by atoms with Crippen molar-refractivity contribution in [3.63, 3.8) is 0 Å². The highest BCUT2D eigenvalue weighted by Crippen LogP contribution is 2.16. The maximum absolute atomic E-state index is 4.95. The lowest BCUT2D eigenvalue weighted by atomic mass is 10.4. The zero-order valence-electron chi connectivity index (χ0n) is 10.3. The van der Waals surface area contributed by atoms with Gasteiger partial charge in [-0.1, -0.05) is 0 Å². The average molecular weight is 243 g/mol. The van der Waals surface area contributed by atoms with Gasteiger partial charge in [-0.2, -0.15) is 0 Å². The first-order valence-corrected chi connectivity index (χ1v) is 6.39. The fourth-order valence-electron chi connectivity index (χ4n) is 1.42. The second kappa shape index (κ2) is 7.73. The molecule has 1 aromatic rings. The van der Waals surface area contributed by atoms with Crippen molar-refractivity contribution in [1.82, 2.24) is 15.6 Å². The Morgan fingerprint density at radius 1 is 1.19 bits per heavy atom. The molecule has 0 spiro atoms. The van der Waals surface area contributed by atoms with Crippen LogP contribution in [-0.4, -0.2) is 38.3 Å². The number of aromatic nitrogens is 1. The van der Waals surface area contributed by atoms with Gasteiger partial charge in [-0.15, -0.1) is 11.3 Å². The summed E-state index contributed by atoms with van der Waals surface area (Å²) in [6.45, 7) is 8.67. The Kier molecular flexibility index (Phi) is 6.56. The summed E-state index contributed by atoms with van der Waals surface area (Å²) in [5, 5.41) is 7.84. The van der Waals surface area contributed by atoms with Crippen molar-refractivity contribution >= 4 is 11.3 Å². The van der Waals surface area contributed by atoms with Gasteiger partial charge in [0, 0.05) is 38.2 Å². The predicted molar refractivity (Wildman–Crippen MR) is 68.0 cm³/mol. The maximum atomic E-state index is 4.95. The van der Waals surface area contributed by atoms with Crippen LogP contribution in [0.1, 0.15) is 15.6 Å². The maximum Gasteiger partial charge on any atom is 0.0900 e. The lowest BCUT2D eigenvalue weighted by Gasteiger charge is -2.05. The molecule has 4 nitrogen and oxygen atoms in total. The zero-order chi connectivity index (χ0) is 11.8. The Labute approximate surface area is 101 Å². The molecule has 16 heavy (non-hydrogen) atoms. The van der Waals surface area contributed by atoms with Crippen molar-refractivity contribution in [2.75, 3.05) is 33.4 Å². The average Bonchev–Trinajstić information content (AvgIpc) is 2.56. The molecule has 1 rings (SSSR count). The van der Waals surface area contributed by atoms with Crippen LogP contribution in [0.2, 0.25) is 0 Å². The van der Waals surface area contributed by atoms with Crippen molar-refractivity contribution in [3.05, 3.63) is 15.6 Å². The van der Waals surface area contributed by atoms with E-state index in [1.807, 2.05) is 6.92 Å². The van der Waals surface area contributed by atoms with Crippen molar-refractivity contribution in [2.45, 2.75) is 20.4 Å². The first-order chi connectivity index (χ1) is 7.74. The highest BCUT2D eigenvalue weighted by molar-refractivity contribution is 7.11. The Hall–Kier alpha value is -0.490. The highest BCUT2D eigenvalue weighted by Gasteiger charge is 2.03. The van der Waals surface area contributed by atoms with Gasteiger partial charge in [-0.3, -0.25) is 0 Å². The van der Waals surface area contributed by atoms with Crippen LogP contribution in [0.25, 0.3) is 0 Å². The third kappa shape index (κ3) is 5.03. The normalized spacial score (nSPS) is 10.9. The molecule has 1 heterocycles. The molecule has 0 saturated carbocycles. The van der Waals surface area contributed by atoms with Crippen molar-refractivity contribution in [3.8, 4) is 0 Å². The number of thiazole rings is 1. The molecule has 0 aliphatic rings. The van der Waals surface area contributed by atoms with Gasteiger partial charge in [0.05, 0.1) is 17.3 Å². The van der Waals surface area contributed by atoms with Crippen LogP contribution in [0, 0.1) is 13.8 Å². The Morgan fingerprint density at radius 3 is 2.56 bits per heavy atom. The predicted octanol–water partition coefficient (Wildman–Crippen LogP) is 1.09. The lowest BCUT2D eigenvalue weighted by molar-refractivity contribution is 0.199. The van der Waals surface area contributed by atoms with Gasteiger partial charge < -0.3 is 15.4 Å². The van der Waals surface area contributed by atoms with Crippen LogP contribution in [0.4, 0.5) is 0 Å². The summed E-state index contributed by atoms with van der Waals surface area (Å²) in [6.07, 6.45) is 0. The Balaban J connectivity index is 2.05. The quantitative estimate of drug-likeness (QED) is 0.671. The summed E-state index contributed by atoms with van der Waals surface area (Å²) in [6, 6.07) is 0. The lowest BCUT2D eigenvalue weighted by Crippen LogP contribution is -2.29. The molecule has 0 unspecified atom stereocenters. The molecule has 0 atom stereocenters. The van der Waals surface area contributed by atoms with Crippen molar-refractivity contribution in [1.29, 1.82) is 0 Å². The van der Waals surface area contributed by atoms with E-state index >= 15 is 0 Å². The smallest absolute Gasteiger partial charge is 0.0900 e. The number of hydrogen-bond donors (Lipinski definition) is 2. The Morgan fingerprint density at radius 2 is 1.94 bits per heavy atom. The van der Waals surface area contributed by atoms with Gasteiger partial charge in [-0.05, 0) is 13.8 Å².